The van der Waals surface area contributed by atoms with E-state index in [2.05, 4.69) is 5.32 Å². The molecule has 2 heterocycles. The van der Waals surface area contributed by atoms with E-state index < -0.39 is 0 Å². The number of nitrogens with zero attached hydrogens (tertiary/aromatic N) is 1. The van der Waals surface area contributed by atoms with Gasteiger partial charge in [-0.05, 0) is 49.7 Å². The Balaban J connectivity index is 1.72. The second kappa shape index (κ2) is 5.67. The second-order valence-corrected chi connectivity index (χ2v) is 5.35. The molecular weight excluding hydrogens is 280 g/mol. The molecule has 0 atom stereocenters. The van der Waals surface area contributed by atoms with Crippen LogP contribution in [0.4, 0.5) is 5.69 Å². The molecule has 1 aliphatic heterocycles. The first-order valence-corrected chi connectivity index (χ1v) is 7.35. The van der Waals surface area contributed by atoms with E-state index in [9.17, 15) is 9.59 Å². The van der Waals surface area contributed by atoms with Crippen molar-refractivity contribution in [3.8, 4) is 0 Å². The monoisotopic (exact) mass is 298 g/mol. The third-order valence-electron chi connectivity index (χ3n) is 3.81. The van der Waals surface area contributed by atoms with E-state index in [1.165, 1.54) is 0 Å². The van der Waals surface area contributed by atoms with Gasteiger partial charge in [0.25, 0.3) is 5.91 Å². The first-order valence-electron chi connectivity index (χ1n) is 7.35. The van der Waals surface area contributed by atoms with E-state index in [1.807, 2.05) is 32.0 Å². The van der Waals surface area contributed by atoms with Gasteiger partial charge in [0.1, 0.15) is 11.5 Å². The van der Waals surface area contributed by atoms with Gasteiger partial charge in [-0.1, -0.05) is 0 Å². The van der Waals surface area contributed by atoms with Crippen molar-refractivity contribution in [2.75, 3.05) is 11.4 Å². The summed E-state index contributed by atoms with van der Waals surface area (Å²) in [6.07, 6.45) is 0.363. The van der Waals surface area contributed by atoms with Crippen LogP contribution >= 0.6 is 0 Å². The summed E-state index contributed by atoms with van der Waals surface area (Å²) in [6.45, 7) is 4.81. The maximum atomic E-state index is 12.2. The molecule has 1 N–H and O–H groups in total. The van der Waals surface area contributed by atoms with Gasteiger partial charge in [0.15, 0.2) is 0 Å². The number of hydrogen-bond donors (Lipinski definition) is 1. The van der Waals surface area contributed by atoms with Crippen LogP contribution in [0.2, 0.25) is 0 Å². The molecule has 1 aliphatic rings. The van der Waals surface area contributed by atoms with Gasteiger partial charge >= 0.3 is 0 Å². The lowest BCUT2D eigenvalue weighted by Crippen LogP contribution is -2.25. The molecule has 1 aromatic heterocycles. The molecule has 0 bridgehead atoms. The van der Waals surface area contributed by atoms with Crippen molar-refractivity contribution in [3.05, 3.63) is 53.0 Å². The molecule has 3 rings (SSSR count). The first kappa shape index (κ1) is 14.4. The van der Waals surface area contributed by atoms with Crippen molar-refractivity contribution in [1.29, 1.82) is 0 Å². The molecule has 5 heteroatoms. The lowest BCUT2D eigenvalue weighted by molar-refractivity contribution is -0.117. The SMILES string of the molecule is CCN1C(=O)Cc2cc(C(=O)NCc3ccc(C)o3)ccc21. The average molecular weight is 298 g/mol. The number of amides is 2. The van der Waals surface area contributed by atoms with Crippen molar-refractivity contribution in [1.82, 2.24) is 5.32 Å². The predicted molar refractivity (Wildman–Crippen MR) is 82.8 cm³/mol. The number of hydrogen-bond acceptors (Lipinski definition) is 3. The third-order valence-corrected chi connectivity index (χ3v) is 3.81. The van der Waals surface area contributed by atoms with Gasteiger partial charge in [-0.25, -0.2) is 0 Å². The first-order chi connectivity index (χ1) is 10.6. The molecule has 5 nitrogen and oxygen atoms in total. The fourth-order valence-corrected chi connectivity index (χ4v) is 2.72. The fraction of sp³-hybridized carbons (Fsp3) is 0.294. The average Bonchev–Trinajstić information content (AvgIpc) is 3.06. The number of anilines is 1. The van der Waals surface area contributed by atoms with Crippen molar-refractivity contribution < 1.29 is 14.0 Å². The summed E-state index contributed by atoms with van der Waals surface area (Å²) in [4.78, 5) is 25.8. The molecule has 0 radical (unpaired) electrons. The Bertz CT molecular complexity index is 733. The van der Waals surface area contributed by atoms with Crippen LogP contribution < -0.4 is 10.2 Å². The molecule has 0 saturated carbocycles. The van der Waals surface area contributed by atoms with E-state index in [4.69, 9.17) is 4.42 Å². The minimum atomic E-state index is -0.167. The molecule has 0 unspecified atom stereocenters. The number of furan rings is 1. The largest absolute Gasteiger partial charge is 0.465 e. The normalized spacial score (nSPS) is 13.4. The highest BCUT2D eigenvalue weighted by atomic mass is 16.3. The van der Waals surface area contributed by atoms with Gasteiger partial charge in [-0.2, -0.15) is 0 Å². The van der Waals surface area contributed by atoms with Crippen LogP contribution in [0.25, 0.3) is 0 Å². The summed E-state index contributed by atoms with van der Waals surface area (Å²) < 4.78 is 5.42. The van der Waals surface area contributed by atoms with E-state index in [-0.39, 0.29) is 11.8 Å². The Morgan fingerprint density at radius 2 is 2.14 bits per heavy atom. The Hall–Kier alpha value is -2.56. The van der Waals surface area contributed by atoms with Crippen LogP contribution in [-0.2, 0) is 17.8 Å². The van der Waals surface area contributed by atoms with E-state index in [1.54, 1.807) is 17.0 Å². The molecule has 0 saturated heterocycles. The molecule has 2 amide bonds. The summed E-state index contributed by atoms with van der Waals surface area (Å²) in [5.41, 5.74) is 2.38. The van der Waals surface area contributed by atoms with E-state index >= 15 is 0 Å². The predicted octanol–water partition coefficient (Wildman–Crippen LogP) is 2.43. The molecule has 114 valence electrons. The minimum Gasteiger partial charge on any atom is -0.465 e. The standard InChI is InChI=1S/C17H18N2O3/c1-3-19-15-7-5-12(8-13(15)9-16(19)20)17(21)18-10-14-6-4-11(2)22-14/h4-8H,3,9-10H2,1-2H3,(H,18,21). The van der Waals surface area contributed by atoms with Crippen LogP contribution in [0.5, 0.6) is 0 Å². The van der Waals surface area contributed by atoms with Crippen molar-refractivity contribution in [2.24, 2.45) is 0 Å². The molecule has 1 aromatic carbocycles. The van der Waals surface area contributed by atoms with Crippen LogP contribution in [0.15, 0.2) is 34.7 Å². The lowest BCUT2D eigenvalue weighted by Gasteiger charge is -2.14. The van der Waals surface area contributed by atoms with E-state index in [0.717, 1.165) is 22.8 Å². The molecular formula is C17H18N2O3. The highest BCUT2D eigenvalue weighted by Gasteiger charge is 2.26. The Morgan fingerprint density at radius 1 is 1.32 bits per heavy atom. The van der Waals surface area contributed by atoms with Crippen LogP contribution in [0.1, 0.15) is 34.4 Å². The topological polar surface area (TPSA) is 62.6 Å². The molecule has 22 heavy (non-hydrogen) atoms. The number of carbonyl (C=O) groups is 2. The molecule has 0 spiro atoms. The molecule has 2 aromatic rings. The molecule has 0 fully saturated rings. The van der Waals surface area contributed by atoms with Gasteiger partial charge in [0.2, 0.25) is 5.91 Å². The van der Waals surface area contributed by atoms with Crippen LogP contribution in [-0.4, -0.2) is 18.4 Å². The summed E-state index contributed by atoms with van der Waals surface area (Å²) >= 11 is 0. The zero-order valence-corrected chi connectivity index (χ0v) is 12.7. The summed E-state index contributed by atoms with van der Waals surface area (Å²) in [5, 5.41) is 2.82. The molecule has 0 aliphatic carbocycles. The van der Waals surface area contributed by atoms with E-state index in [0.29, 0.717) is 25.1 Å². The van der Waals surface area contributed by atoms with Gasteiger partial charge in [-0.3, -0.25) is 9.59 Å². The summed E-state index contributed by atoms with van der Waals surface area (Å²) in [6, 6.07) is 9.10. The number of fused-ring (bicyclic) bond motifs is 1. The number of rotatable bonds is 4. The van der Waals surface area contributed by atoms with Gasteiger partial charge in [0, 0.05) is 17.8 Å². The quantitative estimate of drug-likeness (QED) is 0.943. The second-order valence-electron chi connectivity index (χ2n) is 5.35. The van der Waals surface area contributed by atoms with Crippen molar-refractivity contribution in [3.63, 3.8) is 0 Å². The number of benzene rings is 1. The van der Waals surface area contributed by atoms with Gasteiger partial charge in [-0.15, -0.1) is 0 Å². The summed E-state index contributed by atoms with van der Waals surface area (Å²) in [7, 11) is 0. The van der Waals surface area contributed by atoms with Crippen molar-refractivity contribution in [2.45, 2.75) is 26.8 Å². The van der Waals surface area contributed by atoms with Crippen molar-refractivity contribution >= 4 is 17.5 Å². The number of aryl methyl sites for hydroxylation is 1. The lowest BCUT2D eigenvalue weighted by atomic mass is 10.1. The minimum absolute atomic E-state index is 0.0844. The number of nitrogens with one attached hydrogen (secondary N) is 1. The number of carbonyl (C=O) groups excluding carboxylic acids is 2. The van der Waals surface area contributed by atoms with Crippen LogP contribution in [0, 0.1) is 6.92 Å². The Morgan fingerprint density at radius 3 is 2.82 bits per heavy atom. The third kappa shape index (κ3) is 2.62. The zero-order chi connectivity index (χ0) is 15.7. The highest BCUT2D eigenvalue weighted by Crippen LogP contribution is 2.29. The maximum Gasteiger partial charge on any atom is 0.251 e. The Labute approximate surface area is 128 Å². The fourth-order valence-electron chi connectivity index (χ4n) is 2.72. The summed E-state index contributed by atoms with van der Waals surface area (Å²) in [5.74, 6) is 1.46. The zero-order valence-electron chi connectivity index (χ0n) is 12.7. The van der Waals surface area contributed by atoms with Gasteiger partial charge < -0.3 is 14.6 Å². The smallest absolute Gasteiger partial charge is 0.251 e. The maximum absolute atomic E-state index is 12.2. The van der Waals surface area contributed by atoms with Gasteiger partial charge in [0.05, 0.1) is 13.0 Å². The number of likely N-dealkylation sites (N-methyl/N-ethyl adjacent to an activating group) is 1. The highest BCUT2D eigenvalue weighted by molar-refractivity contribution is 6.03. The van der Waals surface area contributed by atoms with Crippen LogP contribution in [0.3, 0.4) is 0 Å². The Kier molecular flexibility index (Phi) is 3.71.